The minimum Gasteiger partial charge on any atom is -0.481 e. The van der Waals surface area contributed by atoms with Gasteiger partial charge in [0.2, 0.25) is 5.91 Å². The van der Waals surface area contributed by atoms with Gasteiger partial charge in [-0.25, -0.2) is 0 Å². The summed E-state index contributed by atoms with van der Waals surface area (Å²) in [5.74, 6) is -0.828. The fraction of sp³-hybridized carbons (Fsp3) is 0.429. The molecule has 0 radical (unpaired) electrons. The van der Waals surface area contributed by atoms with Crippen LogP contribution in [0.4, 0.5) is 5.69 Å². The van der Waals surface area contributed by atoms with Gasteiger partial charge >= 0.3 is 5.97 Å². The van der Waals surface area contributed by atoms with Gasteiger partial charge in [0.05, 0.1) is 13.0 Å². The summed E-state index contributed by atoms with van der Waals surface area (Å²) >= 11 is 0. The molecule has 2 heterocycles. The third-order valence-electron chi connectivity index (χ3n) is 3.85. The van der Waals surface area contributed by atoms with E-state index in [0.29, 0.717) is 19.4 Å². The fourth-order valence-corrected chi connectivity index (χ4v) is 2.73. The Morgan fingerprint density at radius 1 is 1.42 bits per heavy atom. The summed E-state index contributed by atoms with van der Waals surface area (Å²) in [4.78, 5) is 22.3. The molecular weight excluding hydrogens is 246 g/mol. The number of carbonyl (C=O) groups is 2. The third kappa shape index (κ3) is 2.10. The van der Waals surface area contributed by atoms with E-state index >= 15 is 0 Å². The molecular formula is C14H15NO4. The zero-order valence-electron chi connectivity index (χ0n) is 10.4. The van der Waals surface area contributed by atoms with Crippen molar-refractivity contribution in [2.45, 2.75) is 31.3 Å². The van der Waals surface area contributed by atoms with Gasteiger partial charge in [-0.3, -0.25) is 9.59 Å². The van der Waals surface area contributed by atoms with Crippen molar-refractivity contribution in [3.8, 4) is 0 Å². The van der Waals surface area contributed by atoms with Crippen LogP contribution in [0.2, 0.25) is 0 Å². The number of rotatable bonds is 3. The fourth-order valence-electron chi connectivity index (χ4n) is 2.73. The first-order chi connectivity index (χ1) is 9.09. The van der Waals surface area contributed by atoms with Crippen LogP contribution in [0.3, 0.4) is 0 Å². The normalized spacial score (nSPS) is 25.2. The molecule has 100 valence electrons. The molecule has 1 aromatic carbocycles. The van der Waals surface area contributed by atoms with E-state index in [1.165, 1.54) is 0 Å². The highest BCUT2D eigenvalue weighted by Gasteiger charge is 2.42. The first kappa shape index (κ1) is 12.2. The first-order valence-corrected chi connectivity index (χ1v) is 6.38. The number of hydrogen-bond acceptors (Lipinski definition) is 3. The van der Waals surface area contributed by atoms with E-state index in [4.69, 9.17) is 9.84 Å². The first-order valence-electron chi connectivity index (χ1n) is 6.38. The van der Waals surface area contributed by atoms with Gasteiger partial charge in [-0.05, 0) is 23.6 Å². The molecule has 1 unspecified atom stereocenters. The van der Waals surface area contributed by atoms with E-state index in [1.807, 2.05) is 18.2 Å². The lowest BCUT2D eigenvalue weighted by atomic mass is 9.82. The van der Waals surface area contributed by atoms with Crippen LogP contribution < -0.4 is 5.32 Å². The molecule has 19 heavy (non-hydrogen) atoms. The zero-order valence-corrected chi connectivity index (χ0v) is 10.4. The van der Waals surface area contributed by atoms with Gasteiger partial charge in [-0.1, -0.05) is 12.1 Å². The Bertz CT molecular complexity index is 548. The lowest BCUT2D eigenvalue weighted by Gasteiger charge is -2.41. The van der Waals surface area contributed by atoms with Crippen molar-refractivity contribution in [3.05, 3.63) is 29.3 Å². The summed E-state index contributed by atoms with van der Waals surface area (Å²) in [7, 11) is 0. The number of nitrogens with one attached hydrogen (secondary N) is 1. The average Bonchev–Trinajstić information content (AvgIpc) is 2.33. The quantitative estimate of drug-likeness (QED) is 0.867. The van der Waals surface area contributed by atoms with Crippen LogP contribution in [0.5, 0.6) is 0 Å². The molecule has 2 aliphatic rings. The minimum absolute atomic E-state index is 0.0157. The van der Waals surface area contributed by atoms with E-state index in [0.717, 1.165) is 23.2 Å². The topological polar surface area (TPSA) is 75.6 Å². The summed E-state index contributed by atoms with van der Waals surface area (Å²) in [6, 6.07) is 5.66. The summed E-state index contributed by atoms with van der Waals surface area (Å²) in [6.07, 6.45) is 1.88. The van der Waals surface area contributed by atoms with Gasteiger partial charge in [0.25, 0.3) is 0 Å². The standard InChI is InChI=1S/C14H15NO4/c16-12-4-1-9-7-10(2-3-11(9)15-12)14(5-6-19-14)8-13(17)18/h2-3,7H,1,4-6,8H2,(H,15,16)(H,17,18). The van der Waals surface area contributed by atoms with Gasteiger partial charge in [0.1, 0.15) is 5.60 Å². The zero-order chi connectivity index (χ0) is 13.5. The van der Waals surface area contributed by atoms with Crippen molar-refractivity contribution in [1.82, 2.24) is 0 Å². The van der Waals surface area contributed by atoms with Crippen molar-refractivity contribution < 1.29 is 19.4 Å². The van der Waals surface area contributed by atoms with Crippen LogP contribution in [0, 0.1) is 0 Å². The Labute approximate surface area is 110 Å². The number of carboxylic acid groups (broad SMARTS) is 1. The lowest BCUT2D eigenvalue weighted by molar-refractivity contribution is -0.176. The van der Waals surface area contributed by atoms with Crippen LogP contribution in [0.1, 0.15) is 30.4 Å². The van der Waals surface area contributed by atoms with Crippen LogP contribution in [-0.4, -0.2) is 23.6 Å². The predicted molar refractivity (Wildman–Crippen MR) is 67.9 cm³/mol. The molecule has 5 nitrogen and oxygen atoms in total. The molecule has 1 aromatic rings. The molecule has 0 aromatic heterocycles. The molecule has 0 bridgehead atoms. The Morgan fingerprint density at radius 2 is 2.21 bits per heavy atom. The third-order valence-corrected chi connectivity index (χ3v) is 3.85. The summed E-state index contributed by atoms with van der Waals surface area (Å²) in [5, 5.41) is 11.8. The van der Waals surface area contributed by atoms with Gasteiger partial charge in [-0.2, -0.15) is 0 Å². The maximum atomic E-state index is 11.3. The highest BCUT2D eigenvalue weighted by molar-refractivity contribution is 5.93. The molecule has 0 spiro atoms. The van der Waals surface area contributed by atoms with Gasteiger partial charge in [0, 0.05) is 18.5 Å². The Morgan fingerprint density at radius 3 is 2.84 bits per heavy atom. The summed E-state index contributed by atoms with van der Waals surface area (Å²) in [6.45, 7) is 0.598. The largest absolute Gasteiger partial charge is 0.481 e. The molecule has 1 fully saturated rings. The van der Waals surface area contributed by atoms with E-state index in [2.05, 4.69) is 5.32 Å². The van der Waals surface area contributed by atoms with Crippen LogP contribution in [0.15, 0.2) is 18.2 Å². The Hall–Kier alpha value is -1.88. The second-order valence-electron chi connectivity index (χ2n) is 5.08. The highest BCUT2D eigenvalue weighted by atomic mass is 16.5. The van der Waals surface area contributed by atoms with Gasteiger partial charge < -0.3 is 15.2 Å². The van der Waals surface area contributed by atoms with E-state index in [1.54, 1.807) is 0 Å². The molecule has 5 heteroatoms. The monoisotopic (exact) mass is 261 g/mol. The summed E-state index contributed by atoms with van der Waals surface area (Å²) in [5.41, 5.74) is 2.10. The minimum atomic E-state index is -0.856. The highest BCUT2D eigenvalue weighted by Crippen LogP contribution is 2.42. The second-order valence-corrected chi connectivity index (χ2v) is 5.08. The number of anilines is 1. The average molecular weight is 261 g/mol. The number of carbonyl (C=O) groups excluding carboxylic acids is 1. The molecule has 1 amide bonds. The van der Waals surface area contributed by atoms with E-state index in [9.17, 15) is 9.59 Å². The second kappa shape index (κ2) is 4.35. The van der Waals surface area contributed by atoms with Crippen LogP contribution >= 0.6 is 0 Å². The molecule has 0 aliphatic carbocycles. The number of aryl methyl sites for hydroxylation is 1. The maximum absolute atomic E-state index is 11.3. The van der Waals surface area contributed by atoms with Crippen molar-refractivity contribution in [1.29, 1.82) is 0 Å². The molecule has 0 saturated carbocycles. The number of ether oxygens (including phenoxy) is 1. The summed E-state index contributed by atoms with van der Waals surface area (Å²) < 4.78 is 5.56. The number of fused-ring (bicyclic) bond motifs is 1. The predicted octanol–water partition coefficient (Wildman–Crippen LogP) is 1.66. The molecule has 1 saturated heterocycles. The van der Waals surface area contributed by atoms with Crippen molar-refractivity contribution in [2.24, 2.45) is 0 Å². The number of amides is 1. The number of hydrogen-bond donors (Lipinski definition) is 2. The number of aliphatic carboxylic acids is 1. The van der Waals surface area contributed by atoms with Crippen molar-refractivity contribution >= 4 is 17.6 Å². The van der Waals surface area contributed by atoms with E-state index < -0.39 is 11.6 Å². The smallest absolute Gasteiger partial charge is 0.306 e. The lowest BCUT2D eigenvalue weighted by Crippen LogP contribution is -2.42. The SMILES string of the molecule is O=C(O)CC1(c2ccc3c(c2)CCC(=O)N3)CCO1. The van der Waals surface area contributed by atoms with Gasteiger partial charge in [0.15, 0.2) is 0 Å². The van der Waals surface area contributed by atoms with Crippen LogP contribution in [0.25, 0.3) is 0 Å². The Balaban J connectivity index is 1.93. The van der Waals surface area contributed by atoms with E-state index in [-0.39, 0.29) is 12.3 Å². The number of benzene rings is 1. The van der Waals surface area contributed by atoms with Crippen molar-refractivity contribution in [2.75, 3.05) is 11.9 Å². The number of carboxylic acids is 1. The van der Waals surface area contributed by atoms with Crippen molar-refractivity contribution in [3.63, 3.8) is 0 Å². The molecule has 1 atom stereocenters. The molecule has 2 aliphatic heterocycles. The molecule has 3 rings (SSSR count). The van der Waals surface area contributed by atoms with Crippen LogP contribution in [-0.2, 0) is 26.3 Å². The molecule has 2 N–H and O–H groups in total. The Kier molecular flexibility index (Phi) is 2.78. The van der Waals surface area contributed by atoms with Gasteiger partial charge in [-0.15, -0.1) is 0 Å². The maximum Gasteiger partial charge on any atom is 0.306 e.